The van der Waals surface area contributed by atoms with E-state index in [9.17, 15) is 13.6 Å². The van der Waals surface area contributed by atoms with Gasteiger partial charge in [-0.15, -0.1) is 0 Å². The molecule has 4 nitrogen and oxygen atoms in total. The van der Waals surface area contributed by atoms with E-state index in [1.54, 1.807) is 12.1 Å². The second-order valence-electron chi connectivity index (χ2n) is 5.27. The van der Waals surface area contributed by atoms with E-state index < -0.39 is 17.6 Å². The minimum absolute atomic E-state index is 0.0744. The molecule has 1 amide bonds. The number of hydrogen-bond acceptors (Lipinski definition) is 3. The van der Waals surface area contributed by atoms with Crippen molar-refractivity contribution in [3.8, 4) is 11.5 Å². The topological polar surface area (TPSA) is 47.6 Å². The van der Waals surface area contributed by atoms with E-state index in [0.29, 0.717) is 22.7 Å². The Morgan fingerprint density at radius 2 is 1.74 bits per heavy atom. The number of hydrogen-bond donors (Lipinski definition) is 1. The van der Waals surface area contributed by atoms with Gasteiger partial charge in [-0.3, -0.25) is 4.79 Å². The Morgan fingerprint density at radius 3 is 2.39 bits per heavy atom. The van der Waals surface area contributed by atoms with Gasteiger partial charge in [0.25, 0.3) is 0 Å². The third-order valence-electron chi connectivity index (χ3n) is 3.93. The predicted octanol–water partition coefficient (Wildman–Crippen LogP) is 3.46. The molecule has 0 saturated heterocycles. The Morgan fingerprint density at radius 1 is 1.04 bits per heavy atom. The van der Waals surface area contributed by atoms with E-state index in [4.69, 9.17) is 9.47 Å². The van der Waals surface area contributed by atoms with Crippen LogP contribution in [-0.4, -0.2) is 20.1 Å². The molecular formula is C17H15F2NO3. The molecule has 0 aromatic heterocycles. The van der Waals surface area contributed by atoms with Gasteiger partial charge in [-0.25, -0.2) is 8.78 Å². The van der Waals surface area contributed by atoms with Crippen molar-refractivity contribution in [3.63, 3.8) is 0 Å². The van der Waals surface area contributed by atoms with Crippen LogP contribution in [0, 0.1) is 11.6 Å². The first-order chi connectivity index (χ1) is 11.0. The Hall–Kier alpha value is -2.63. The molecule has 1 unspecified atom stereocenters. The van der Waals surface area contributed by atoms with Gasteiger partial charge in [0.1, 0.15) is 11.6 Å². The van der Waals surface area contributed by atoms with Crippen molar-refractivity contribution < 1.29 is 23.0 Å². The number of anilines is 1. The van der Waals surface area contributed by atoms with Gasteiger partial charge in [-0.05, 0) is 23.3 Å². The van der Waals surface area contributed by atoms with Gasteiger partial charge in [0, 0.05) is 30.2 Å². The third-order valence-corrected chi connectivity index (χ3v) is 3.93. The summed E-state index contributed by atoms with van der Waals surface area (Å²) in [5.41, 5.74) is 1.51. The van der Waals surface area contributed by atoms with E-state index in [-0.39, 0.29) is 17.9 Å². The van der Waals surface area contributed by atoms with Crippen LogP contribution < -0.4 is 14.8 Å². The largest absolute Gasteiger partial charge is 0.493 e. The molecule has 0 saturated carbocycles. The number of fused-ring (bicyclic) bond motifs is 1. The van der Waals surface area contributed by atoms with Crippen molar-refractivity contribution in [1.29, 1.82) is 0 Å². The molecule has 120 valence electrons. The number of amides is 1. The summed E-state index contributed by atoms with van der Waals surface area (Å²) < 4.78 is 37.8. The first kappa shape index (κ1) is 15.3. The molecule has 0 spiro atoms. The molecule has 2 aromatic rings. The number of benzene rings is 2. The highest BCUT2D eigenvalue weighted by Crippen LogP contribution is 2.43. The zero-order chi connectivity index (χ0) is 16.6. The summed E-state index contributed by atoms with van der Waals surface area (Å²) in [5, 5.41) is 2.75. The number of rotatable bonds is 3. The van der Waals surface area contributed by atoms with Crippen LogP contribution in [0.1, 0.15) is 23.5 Å². The van der Waals surface area contributed by atoms with Crippen molar-refractivity contribution >= 4 is 11.6 Å². The standard InChI is InChI=1S/C17H15F2NO3/c1-22-15-6-12-11(10-4-3-9(18)5-13(10)19)7-17(21)20-14(12)8-16(15)23-2/h3-6,8,11H,7H2,1-2H3,(H,20,21). The van der Waals surface area contributed by atoms with E-state index >= 15 is 0 Å². The van der Waals surface area contributed by atoms with Gasteiger partial charge in [0.15, 0.2) is 11.5 Å². The van der Waals surface area contributed by atoms with E-state index in [1.807, 2.05) is 0 Å². The van der Waals surface area contributed by atoms with Gasteiger partial charge >= 0.3 is 0 Å². The van der Waals surface area contributed by atoms with Gasteiger partial charge in [-0.1, -0.05) is 6.07 Å². The summed E-state index contributed by atoms with van der Waals surface area (Å²) >= 11 is 0. The molecule has 2 aromatic carbocycles. The molecule has 3 rings (SSSR count). The Balaban J connectivity index is 2.16. The maximum Gasteiger partial charge on any atom is 0.225 e. The maximum atomic E-state index is 14.2. The normalized spacial score (nSPS) is 16.5. The summed E-state index contributed by atoms with van der Waals surface area (Å²) in [6, 6.07) is 6.72. The average Bonchev–Trinajstić information content (AvgIpc) is 2.53. The predicted molar refractivity (Wildman–Crippen MR) is 81.0 cm³/mol. The minimum Gasteiger partial charge on any atom is -0.493 e. The van der Waals surface area contributed by atoms with Crippen LogP contribution in [0.15, 0.2) is 30.3 Å². The molecule has 0 aliphatic carbocycles. The Bertz CT molecular complexity index is 777. The van der Waals surface area contributed by atoms with Gasteiger partial charge in [0.05, 0.1) is 14.2 Å². The second-order valence-corrected chi connectivity index (χ2v) is 5.27. The molecule has 1 N–H and O–H groups in total. The van der Waals surface area contributed by atoms with E-state index in [0.717, 1.165) is 6.07 Å². The summed E-state index contributed by atoms with van der Waals surface area (Å²) in [7, 11) is 2.99. The number of halogens is 2. The van der Waals surface area contributed by atoms with Gasteiger partial charge < -0.3 is 14.8 Å². The zero-order valence-corrected chi connectivity index (χ0v) is 12.7. The fraction of sp³-hybridized carbons (Fsp3) is 0.235. The average molecular weight is 319 g/mol. The van der Waals surface area contributed by atoms with Crippen LogP contribution in [0.3, 0.4) is 0 Å². The Labute approximate surface area is 132 Å². The first-order valence-corrected chi connectivity index (χ1v) is 7.04. The molecule has 1 aliphatic rings. The molecule has 0 fully saturated rings. The summed E-state index contributed by atoms with van der Waals surface area (Å²) in [6.45, 7) is 0. The Kier molecular flexibility index (Phi) is 3.90. The van der Waals surface area contributed by atoms with Crippen LogP contribution >= 0.6 is 0 Å². The molecule has 6 heteroatoms. The van der Waals surface area contributed by atoms with Crippen molar-refractivity contribution in [2.75, 3.05) is 19.5 Å². The van der Waals surface area contributed by atoms with Gasteiger partial charge in [-0.2, -0.15) is 0 Å². The molecule has 1 aliphatic heterocycles. The lowest BCUT2D eigenvalue weighted by Gasteiger charge is -2.27. The number of methoxy groups -OCH3 is 2. The van der Waals surface area contributed by atoms with Crippen LogP contribution in [0.5, 0.6) is 11.5 Å². The summed E-state index contributed by atoms with van der Waals surface area (Å²) in [6.07, 6.45) is 0.0744. The highest BCUT2D eigenvalue weighted by atomic mass is 19.1. The number of ether oxygens (including phenoxy) is 2. The van der Waals surface area contributed by atoms with Crippen LogP contribution in [0.2, 0.25) is 0 Å². The van der Waals surface area contributed by atoms with E-state index in [2.05, 4.69) is 5.32 Å². The molecule has 23 heavy (non-hydrogen) atoms. The van der Waals surface area contributed by atoms with Crippen molar-refractivity contribution in [1.82, 2.24) is 0 Å². The lowest BCUT2D eigenvalue weighted by atomic mass is 9.84. The van der Waals surface area contributed by atoms with Crippen LogP contribution in [-0.2, 0) is 4.79 Å². The summed E-state index contributed by atoms with van der Waals surface area (Å²) in [5.74, 6) is -1.14. The first-order valence-electron chi connectivity index (χ1n) is 7.04. The maximum absolute atomic E-state index is 14.2. The number of carbonyl (C=O) groups excluding carboxylic acids is 1. The highest BCUT2D eigenvalue weighted by molar-refractivity contribution is 5.96. The smallest absolute Gasteiger partial charge is 0.225 e. The lowest BCUT2D eigenvalue weighted by molar-refractivity contribution is -0.116. The van der Waals surface area contributed by atoms with Crippen molar-refractivity contribution in [3.05, 3.63) is 53.1 Å². The monoisotopic (exact) mass is 319 g/mol. The lowest BCUT2D eigenvalue weighted by Crippen LogP contribution is -2.24. The van der Waals surface area contributed by atoms with Gasteiger partial charge in [0.2, 0.25) is 5.91 Å². The molecule has 0 bridgehead atoms. The zero-order valence-electron chi connectivity index (χ0n) is 12.7. The second kappa shape index (κ2) is 5.87. The third kappa shape index (κ3) is 2.72. The minimum atomic E-state index is -0.676. The number of nitrogens with one attached hydrogen (secondary N) is 1. The van der Waals surface area contributed by atoms with Crippen molar-refractivity contribution in [2.45, 2.75) is 12.3 Å². The fourth-order valence-corrected chi connectivity index (χ4v) is 2.85. The summed E-state index contributed by atoms with van der Waals surface area (Å²) in [4.78, 5) is 12.0. The molecular weight excluding hydrogens is 304 g/mol. The molecule has 1 atom stereocenters. The quantitative estimate of drug-likeness (QED) is 0.942. The SMILES string of the molecule is COc1cc2c(cc1OC)C(c1ccc(F)cc1F)CC(=O)N2. The van der Waals surface area contributed by atoms with Crippen LogP contribution in [0.25, 0.3) is 0 Å². The fourth-order valence-electron chi connectivity index (χ4n) is 2.85. The molecule has 1 heterocycles. The van der Waals surface area contributed by atoms with Crippen LogP contribution in [0.4, 0.5) is 14.5 Å². The number of carbonyl (C=O) groups is 1. The molecule has 0 radical (unpaired) electrons. The van der Waals surface area contributed by atoms with E-state index in [1.165, 1.54) is 26.4 Å². The highest BCUT2D eigenvalue weighted by Gasteiger charge is 2.30. The van der Waals surface area contributed by atoms with Crippen molar-refractivity contribution in [2.24, 2.45) is 0 Å².